The van der Waals surface area contributed by atoms with E-state index in [1.165, 1.54) is 10.8 Å². The normalized spacial score (nSPS) is 10.6. The van der Waals surface area contributed by atoms with Crippen LogP contribution in [0.3, 0.4) is 0 Å². The fourth-order valence-electron chi connectivity index (χ4n) is 1.36. The number of aromatic amines is 1. The van der Waals surface area contributed by atoms with Crippen molar-refractivity contribution in [2.75, 3.05) is 13.1 Å². The molecule has 5 nitrogen and oxygen atoms in total. The molecule has 0 aliphatic rings. The smallest absolute Gasteiger partial charge is 0.317 e. The molecule has 0 aliphatic heterocycles. The average Bonchev–Trinajstić information content (AvgIpc) is 2.25. The molecule has 16 heavy (non-hydrogen) atoms. The molecule has 90 valence electrons. The quantitative estimate of drug-likeness (QED) is 0.721. The van der Waals surface area contributed by atoms with Gasteiger partial charge in [0.05, 0.1) is 0 Å². The van der Waals surface area contributed by atoms with Crippen LogP contribution in [0.25, 0.3) is 0 Å². The largest absolute Gasteiger partial charge is 0.328 e. The Labute approximate surface area is 98.4 Å². The number of unbranched alkanes of at least 4 members (excludes halogenated alkanes) is 1. The Balaban J connectivity index is 2.51. The maximum absolute atomic E-state index is 11.3. The van der Waals surface area contributed by atoms with Crippen LogP contribution in [-0.4, -0.2) is 22.6 Å². The van der Waals surface area contributed by atoms with Crippen LogP contribution in [0.2, 0.25) is 5.02 Å². The molecule has 0 radical (unpaired) electrons. The Morgan fingerprint density at radius 3 is 2.88 bits per heavy atom. The van der Waals surface area contributed by atoms with Gasteiger partial charge in [-0.25, -0.2) is 4.79 Å². The Kier molecular flexibility index (Phi) is 5.28. The minimum atomic E-state index is -0.532. The molecule has 1 rings (SSSR count). The van der Waals surface area contributed by atoms with Gasteiger partial charge in [0, 0.05) is 12.7 Å². The SMILES string of the molecule is CCNCCCCn1cc(Cl)c(=O)[nH]c1=O. The van der Waals surface area contributed by atoms with Gasteiger partial charge in [0.2, 0.25) is 0 Å². The third kappa shape index (κ3) is 3.83. The standard InChI is InChI=1S/C10H16ClN3O2/c1-2-12-5-3-4-6-14-7-8(11)9(15)13-10(14)16/h7,12H,2-6H2,1H3,(H,13,15,16). The first-order valence-corrected chi connectivity index (χ1v) is 5.73. The summed E-state index contributed by atoms with van der Waals surface area (Å²) in [5.74, 6) is 0. The fourth-order valence-corrected chi connectivity index (χ4v) is 1.52. The number of hydrogen-bond acceptors (Lipinski definition) is 3. The lowest BCUT2D eigenvalue weighted by Gasteiger charge is -2.05. The van der Waals surface area contributed by atoms with Crippen molar-refractivity contribution in [1.29, 1.82) is 0 Å². The minimum absolute atomic E-state index is 0.0475. The number of H-pyrrole nitrogens is 1. The van der Waals surface area contributed by atoms with Crippen molar-refractivity contribution in [2.45, 2.75) is 26.3 Å². The van der Waals surface area contributed by atoms with E-state index in [0.717, 1.165) is 25.9 Å². The maximum Gasteiger partial charge on any atom is 0.328 e. The molecule has 0 unspecified atom stereocenters. The van der Waals surface area contributed by atoms with Crippen molar-refractivity contribution in [3.05, 3.63) is 32.1 Å². The van der Waals surface area contributed by atoms with Crippen LogP contribution in [-0.2, 0) is 6.54 Å². The summed E-state index contributed by atoms with van der Waals surface area (Å²) in [5.41, 5.74) is -0.937. The minimum Gasteiger partial charge on any atom is -0.317 e. The van der Waals surface area contributed by atoms with E-state index >= 15 is 0 Å². The van der Waals surface area contributed by atoms with Gasteiger partial charge in [0.1, 0.15) is 5.02 Å². The summed E-state index contributed by atoms with van der Waals surface area (Å²) in [5, 5.41) is 3.25. The van der Waals surface area contributed by atoms with Crippen LogP contribution in [0.15, 0.2) is 15.8 Å². The first-order chi connectivity index (χ1) is 7.65. The molecular formula is C10H16ClN3O2. The summed E-state index contributed by atoms with van der Waals surface area (Å²) in [6.45, 7) is 4.50. The summed E-state index contributed by atoms with van der Waals surface area (Å²) < 4.78 is 1.43. The molecule has 1 heterocycles. The maximum atomic E-state index is 11.3. The number of aromatic nitrogens is 2. The summed E-state index contributed by atoms with van der Waals surface area (Å²) >= 11 is 5.63. The van der Waals surface area contributed by atoms with E-state index in [4.69, 9.17) is 11.6 Å². The topological polar surface area (TPSA) is 66.9 Å². The van der Waals surface area contributed by atoms with Crippen LogP contribution < -0.4 is 16.6 Å². The van der Waals surface area contributed by atoms with Crippen LogP contribution in [0.4, 0.5) is 0 Å². The van der Waals surface area contributed by atoms with Crippen LogP contribution in [0.5, 0.6) is 0 Å². The van der Waals surface area contributed by atoms with Gasteiger partial charge in [0.25, 0.3) is 5.56 Å². The van der Waals surface area contributed by atoms with Gasteiger partial charge in [-0.3, -0.25) is 14.3 Å². The number of hydrogen-bond donors (Lipinski definition) is 2. The van der Waals surface area contributed by atoms with Crippen molar-refractivity contribution >= 4 is 11.6 Å². The molecule has 0 aliphatic carbocycles. The van der Waals surface area contributed by atoms with Gasteiger partial charge in [-0.2, -0.15) is 0 Å². The Morgan fingerprint density at radius 2 is 2.19 bits per heavy atom. The molecule has 2 N–H and O–H groups in total. The number of rotatable bonds is 6. The zero-order valence-electron chi connectivity index (χ0n) is 9.25. The number of halogens is 1. The predicted molar refractivity (Wildman–Crippen MR) is 64.1 cm³/mol. The Hall–Kier alpha value is -1.07. The van der Waals surface area contributed by atoms with Crippen molar-refractivity contribution in [1.82, 2.24) is 14.9 Å². The first-order valence-electron chi connectivity index (χ1n) is 5.35. The fraction of sp³-hybridized carbons (Fsp3) is 0.600. The highest BCUT2D eigenvalue weighted by Gasteiger charge is 2.01. The number of nitrogens with one attached hydrogen (secondary N) is 2. The second-order valence-corrected chi connectivity index (χ2v) is 3.90. The Morgan fingerprint density at radius 1 is 1.44 bits per heavy atom. The summed E-state index contributed by atoms with van der Waals surface area (Å²) in [6, 6.07) is 0. The van der Waals surface area contributed by atoms with E-state index in [9.17, 15) is 9.59 Å². The van der Waals surface area contributed by atoms with E-state index in [2.05, 4.69) is 10.3 Å². The molecule has 0 fully saturated rings. The Bertz CT molecular complexity index is 438. The van der Waals surface area contributed by atoms with Gasteiger partial charge in [-0.15, -0.1) is 0 Å². The highest BCUT2D eigenvalue weighted by molar-refractivity contribution is 6.30. The van der Waals surface area contributed by atoms with E-state index in [1.807, 2.05) is 6.92 Å². The van der Waals surface area contributed by atoms with E-state index < -0.39 is 11.2 Å². The van der Waals surface area contributed by atoms with Gasteiger partial charge in [0.15, 0.2) is 0 Å². The molecule has 0 bridgehead atoms. The molecule has 0 saturated carbocycles. The molecule has 1 aromatic rings. The molecule has 0 spiro atoms. The summed E-state index contributed by atoms with van der Waals surface area (Å²) in [4.78, 5) is 24.5. The molecule has 0 amide bonds. The van der Waals surface area contributed by atoms with Crippen molar-refractivity contribution in [3.63, 3.8) is 0 Å². The van der Waals surface area contributed by atoms with E-state index in [1.54, 1.807) is 0 Å². The summed E-state index contributed by atoms with van der Waals surface area (Å²) in [6.07, 6.45) is 3.24. The molecule has 0 aromatic carbocycles. The predicted octanol–water partition coefficient (Wildman–Crippen LogP) is 0.580. The summed E-state index contributed by atoms with van der Waals surface area (Å²) in [7, 11) is 0. The number of nitrogens with zero attached hydrogens (tertiary/aromatic N) is 1. The van der Waals surface area contributed by atoms with Crippen LogP contribution in [0.1, 0.15) is 19.8 Å². The molecule has 0 saturated heterocycles. The van der Waals surface area contributed by atoms with Crippen molar-refractivity contribution < 1.29 is 0 Å². The molecule has 1 aromatic heterocycles. The lowest BCUT2D eigenvalue weighted by atomic mass is 10.3. The molecule has 0 atom stereocenters. The third-order valence-corrected chi connectivity index (χ3v) is 2.49. The van der Waals surface area contributed by atoms with Crippen LogP contribution >= 0.6 is 11.6 Å². The highest BCUT2D eigenvalue weighted by atomic mass is 35.5. The molecule has 6 heteroatoms. The molecular weight excluding hydrogens is 230 g/mol. The van der Waals surface area contributed by atoms with Gasteiger partial charge < -0.3 is 5.32 Å². The third-order valence-electron chi connectivity index (χ3n) is 2.22. The van der Waals surface area contributed by atoms with Gasteiger partial charge in [-0.05, 0) is 25.9 Å². The lowest BCUT2D eigenvalue weighted by molar-refractivity contribution is 0.557. The van der Waals surface area contributed by atoms with Crippen LogP contribution in [0, 0.1) is 0 Å². The van der Waals surface area contributed by atoms with E-state index in [-0.39, 0.29) is 5.02 Å². The highest BCUT2D eigenvalue weighted by Crippen LogP contribution is 1.97. The van der Waals surface area contributed by atoms with Gasteiger partial charge >= 0.3 is 5.69 Å². The second kappa shape index (κ2) is 6.50. The second-order valence-electron chi connectivity index (χ2n) is 3.49. The lowest BCUT2D eigenvalue weighted by Crippen LogP contribution is -2.29. The van der Waals surface area contributed by atoms with Gasteiger partial charge in [-0.1, -0.05) is 18.5 Å². The van der Waals surface area contributed by atoms with E-state index in [0.29, 0.717) is 6.54 Å². The number of aryl methyl sites for hydroxylation is 1. The zero-order valence-corrected chi connectivity index (χ0v) is 10.0. The van der Waals surface area contributed by atoms with Crippen molar-refractivity contribution in [3.8, 4) is 0 Å². The average molecular weight is 246 g/mol. The first kappa shape index (κ1) is 13.0. The zero-order chi connectivity index (χ0) is 12.0. The van der Waals surface area contributed by atoms with Crippen molar-refractivity contribution in [2.24, 2.45) is 0 Å². The monoisotopic (exact) mass is 245 g/mol.